The van der Waals surface area contributed by atoms with Gasteiger partial charge in [-0.2, -0.15) is 9.36 Å². The molecule has 0 spiro atoms. The summed E-state index contributed by atoms with van der Waals surface area (Å²) >= 11 is 1.33. The van der Waals surface area contributed by atoms with E-state index in [9.17, 15) is 14.4 Å². The van der Waals surface area contributed by atoms with Gasteiger partial charge in [0, 0.05) is 63.9 Å². The first kappa shape index (κ1) is 27.4. The van der Waals surface area contributed by atoms with Crippen molar-refractivity contribution in [3.8, 4) is 0 Å². The first-order chi connectivity index (χ1) is 19.2. The molecule has 0 radical (unpaired) electrons. The highest BCUT2D eigenvalue weighted by Crippen LogP contribution is 2.25. The van der Waals surface area contributed by atoms with Crippen LogP contribution in [-0.2, 0) is 9.53 Å². The zero-order valence-corrected chi connectivity index (χ0v) is 23.6. The number of anilines is 3. The van der Waals surface area contributed by atoms with Gasteiger partial charge in [0.15, 0.2) is 11.4 Å². The lowest BCUT2D eigenvalue weighted by atomic mass is 10.2. The number of fused-ring (bicyclic) bond motifs is 1. The highest BCUT2D eigenvalue weighted by atomic mass is 32.1. The normalized spacial score (nSPS) is 16.3. The molecule has 4 amide bonds. The number of aromatic nitrogens is 3. The summed E-state index contributed by atoms with van der Waals surface area (Å²) in [6.07, 6.45) is -0.608. The van der Waals surface area contributed by atoms with E-state index in [1.807, 2.05) is 18.2 Å². The number of piperazine rings is 2. The van der Waals surface area contributed by atoms with Gasteiger partial charge in [0.25, 0.3) is 0 Å². The number of amides is 4. The Morgan fingerprint density at radius 1 is 0.975 bits per heavy atom. The smallest absolute Gasteiger partial charge is 0.408 e. The molecule has 0 bridgehead atoms. The molecular formula is C25H33N9O5S. The predicted molar refractivity (Wildman–Crippen MR) is 150 cm³/mol. The number of nitrogens with zero attached hydrogens (tertiary/aromatic N) is 7. The lowest BCUT2D eigenvalue weighted by Gasteiger charge is -2.35. The van der Waals surface area contributed by atoms with Crippen molar-refractivity contribution >= 4 is 57.4 Å². The van der Waals surface area contributed by atoms with Gasteiger partial charge < -0.3 is 34.2 Å². The number of nitrogens with one attached hydrogen (secondary N) is 2. The molecule has 214 valence electrons. The Morgan fingerprint density at radius 2 is 1.65 bits per heavy atom. The lowest BCUT2D eigenvalue weighted by molar-refractivity contribution is -0.130. The maximum atomic E-state index is 12.8. The molecule has 40 heavy (non-hydrogen) atoms. The Labute approximate surface area is 235 Å². The SMILES string of the molecule is CC(C)(C)OC(=O)NCC(=O)N1CCN(c2nsc(N3CCN(C(=O)Nc4noc5ccccc45)CC3)n2)CC1. The second-order valence-corrected chi connectivity index (χ2v) is 11.3. The molecule has 2 N–H and O–H groups in total. The maximum absolute atomic E-state index is 12.8. The quantitative estimate of drug-likeness (QED) is 0.467. The molecule has 15 heteroatoms. The fraction of sp³-hybridized carbons (Fsp3) is 0.520. The van der Waals surface area contributed by atoms with Crippen LogP contribution in [0.5, 0.6) is 0 Å². The van der Waals surface area contributed by atoms with Crippen molar-refractivity contribution in [2.75, 3.05) is 74.0 Å². The molecule has 0 unspecified atom stereocenters. The monoisotopic (exact) mass is 571 g/mol. The number of urea groups is 1. The summed E-state index contributed by atoms with van der Waals surface area (Å²) in [6, 6.07) is 7.17. The van der Waals surface area contributed by atoms with Crippen LogP contribution in [0, 0.1) is 0 Å². The van der Waals surface area contributed by atoms with E-state index in [1.54, 1.807) is 36.6 Å². The first-order valence-electron chi connectivity index (χ1n) is 13.1. The van der Waals surface area contributed by atoms with E-state index < -0.39 is 11.7 Å². The van der Waals surface area contributed by atoms with Crippen molar-refractivity contribution in [3.63, 3.8) is 0 Å². The molecule has 2 aliphatic heterocycles. The number of ether oxygens (including phenoxy) is 1. The van der Waals surface area contributed by atoms with Gasteiger partial charge in [-0.3, -0.25) is 10.1 Å². The van der Waals surface area contributed by atoms with E-state index in [2.05, 4.69) is 30.0 Å². The molecule has 2 aliphatic rings. The van der Waals surface area contributed by atoms with E-state index >= 15 is 0 Å². The number of hydrogen-bond acceptors (Lipinski definition) is 11. The van der Waals surface area contributed by atoms with Gasteiger partial charge in [-0.05, 0) is 32.9 Å². The minimum absolute atomic E-state index is 0.104. The van der Waals surface area contributed by atoms with E-state index in [4.69, 9.17) is 14.2 Å². The van der Waals surface area contributed by atoms with Gasteiger partial charge in [0.2, 0.25) is 17.0 Å². The molecule has 2 aromatic heterocycles. The van der Waals surface area contributed by atoms with Crippen molar-refractivity contribution in [1.29, 1.82) is 0 Å². The summed E-state index contributed by atoms with van der Waals surface area (Å²) in [5, 5.41) is 10.9. The number of carbonyl (C=O) groups excluding carboxylic acids is 3. The topological polar surface area (TPSA) is 149 Å². The summed E-state index contributed by atoms with van der Waals surface area (Å²) < 4.78 is 15.0. The predicted octanol–water partition coefficient (Wildman–Crippen LogP) is 2.21. The molecule has 3 aromatic rings. The number of para-hydroxylation sites is 1. The Morgan fingerprint density at radius 3 is 2.38 bits per heavy atom. The fourth-order valence-electron chi connectivity index (χ4n) is 4.45. The van der Waals surface area contributed by atoms with E-state index in [-0.39, 0.29) is 18.5 Å². The van der Waals surface area contributed by atoms with Crippen LogP contribution in [0.2, 0.25) is 0 Å². The second kappa shape index (κ2) is 11.5. The lowest BCUT2D eigenvalue weighted by Crippen LogP contribution is -2.51. The van der Waals surface area contributed by atoms with Crippen LogP contribution in [0.4, 0.5) is 26.5 Å². The number of alkyl carbamates (subject to hydrolysis) is 1. The summed E-state index contributed by atoms with van der Waals surface area (Å²) in [5.41, 5.74) is 0.00647. The highest BCUT2D eigenvalue weighted by Gasteiger charge is 2.27. The van der Waals surface area contributed by atoms with Gasteiger partial charge in [-0.25, -0.2) is 9.59 Å². The minimum atomic E-state index is -0.617. The Hall–Kier alpha value is -4.14. The molecule has 0 atom stereocenters. The summed E-state index contributed by atoms with van der Waals surface area (Å²) in [4.78, 5) is 49.5. The van der Waals surface area contributed by atoms with E-state index in [1.165, 1.54) is 11.5 Å². The number of carbonyl (C=O) groups is 3. The zero-order valence-electron chi connectivity index (χ0n) is 22.8. The third-order valence-electron chi connectivity index (χ3n) is 6.54. The molecule has 2 fully saturated rings. The molecule has 0 aliphatic carbocycles. The Bertz CT molecular complexity index is 1350. The van der Waals surface area contributed by atoms with Crippen LogP contribution in [0.15, 0.2) is 28.8 Å². The molecule has 4 heterocycles. The summed E-state index contributed by atoms with van der Waals surface area (Å²) in [7, 11) is 0. The van der Waals surface area contributed by atoms with Crippen LogP contribution in [-0.4, -0.2) is 107 Å². The summed E-state index contributed by atoms with van der Waals surface area (Å²) in [5.74, 6) is 0.894. The highest BCUT2D eigenvalue weighted by molar-refractivity contribution is 7.09. The van der Waals surface area contributed by atoms with Crippen LogP contribution >= 0.6 is 11.5 Å². The Balaban J connectivity index is 1.06. The van der Waals surface area contributed by atoms with E-state index in [0.29, 0.717) is 69.7 Å². The largest absolute Gasteiger partial charge is 0.444 e. The fourth-order valence-corrected chi connectivity index (χ4v) is 5.19. The number of benzene rings is 1. The Kier molecular flexibility index (Phi) is 7.91. The van der Waals surface area contributed by atoms with Crippen molar-refractivity contribution in [2.24, 2.45) is 0 Å². The van der Waals surface area contributed by atoms with E-state index in [0.717, 1.165) is 10.5 Å². The second-order valence-electron chi connectivity index (χ2n) is 10.5. The van der Waals surface area contributed by atoms with Crippen molar-refractivity contribution in [3.05, 3.63) is 24.3 Å². The molecule has 1 aromatic carbocycles. The molecule has 14 nitrogen and oxygen atoms in total. The van der Waals surface area contributed by atoms with Crippen LogP contribution in [0.25, 0.3) is 11.0 Å². The van der Waals surface area contributed by atoms with Gasteiger partial charge >= 0.3 is 12.1 Å². The molecular weight excluding hydrogens is 538 g/mol. The van der Waals surface area contributed by atoms with Crippen molar-refractivity contribution in [1.82, 2.24) is 29.6 Å². The third kappa shape index (κ3) is 6.52. The molecule has 0 saturated carbocycles. The summed E-state index contributed by atoms with van der Waals surface area (Å²) in [6.45, 7) is 9.77. The van der Waals surface area contributed by atoms with Crippen molar-refractivity contribution < 1.29 is 23.6 Å². The number of hydrogen-bond donors (Lipinski definition) is 2. The minimum Gasteiger partial charge on any atom is -0.444 e. The van der Waals surface area contributed by atoms with Crippen molar-refractivity contribution in [2.45, 2.75) is 26.4 Å². The first-order valence-corrected chi connectivity index (χ1v) is 13.9. The average molecular weight is 572 g/mol. The van der Waals surface area contributed by atoms with Gasteiger partial charge in [0.05, 0.1) is 5.39 Å². The average Bonchev–Trinajstić information content (AvgIpc) is 3.59. The van der Waals surface area contributed by atoms with Gasteiger partial charge in [-0.1, -0.05) is 17.3 Å². The standard InChI is InChI=1S/C25H33N9O5S/c1-25(2,3)38-24(37)26-16-19(35)31-8-10-32(11-9-31)21-28-23(40-30-21)34-14-12-33(13-15-34)22(36)27-20-17-6-4-5-7-18(17)39-29-20/h4-7H,8-16H2,1-3H3,(H,26,37)(H,27,29,36). The zero-order chi connectivity index (χ0) is 28.3. The molecule has 2 saturated heterocycles. The van der Waals surface area contributed by atoms with Crippen LogP contribution in [0.1, 0.15) is 20.8 Å². The van der Waals surface area contributed by atoms with Crippen LogP contribution < -0.4 is 20.4 Å². The van der Waals surface area contributed by atoms with Gasteiger partial charge in [0.1, 0.15) is 12.1 Å². The number of rotatable bonds is 5. The maximum Gasteiger partial charge on any atom is 0.408 e. The van der Waals surface area contributed by atoms with Crippen LogP contribution in [0.3, 0.4) is 0 Å². The third-order valence-corrected chi connectivity index (χ3v) is 7.31. The molecule has 5 rings (SSSR count). The van der Waals surface area contributed by atoms with Gasteiger partial charge in [-0.15, -0.1) is 0 Å².